The zero-order chi connectivity index (χ0) is 22.6. The van der Waals surface area contributed by atoms with Crippen LogP contribution in [-0.4, -0.2) is 44.0 Å². The fraction of sp³-hybridized carbons (Fsp3) is 0.217. The number of nitrogens with zero attached hydrogens (tertiary/aromatic N) is 2. The van der Waals surface area contributed by atoms with Crippen LogP contribution < -0.4 is 14.2 Å². The van der Waals surface area contributed by atoms with Gasteiger partial charge in [-0.1, -0.05) is 12.1 Å². The standard InChI is InChI=1S/C23H23N3O5S/c1-2-26(16-18-4-3-5-21-22(18)31-15-14-30-21)23(27)17-6-8-20(9-7-17)32(28,29)25-19-10-12-24-13-11-19/h3-13H,2,14-16H2,1H3,(H,24,25). The van der Waals surface area contributed by atoms with Gasteiger partial charge in [-0.25, -0.2) is 8.42 Å². The number of sulfonamides is 1. The molecule has 32 heavy (non-hydrogen) atoms. The Kier molecular flexibility index (Phi) is 6.27. The molecule has 9 heteroatoms. The molecule has 166 valence electrons. The molecule has 8 nitrogen and oxygen atoms in total. The zero-order valence-corrected chi connectivity index (χ0v) is 18.3. The highest BCUT2D eigenvalue weighted by molar-refractivity contribution is 7.92. The summed E-state index contributed by atoms with van der Waals surface area (Å²) in [5.74, 6) is 1.13. The summed E-state index contributed by atoms with van der Waals surface area (Å²) in [5.41, 5.74) is 1.67. The van der Waals surface area contributed by atoms with Crippen LogP contribution in [0.25, 0.3) is 0 Å². The average Bonchev–Trinajstić information content (AvgIpc) is 2.82. The molecule has 0 spiro atoms. The number of hydrogen-bond acceptors (Lipinski definition) is 6. The quantitative estimate of drug-likeness (QED) is 0.589. The van der Waals surface area contributed by atoms with Gasteiger partial charge < -0.3 is 14.4 Å². The Morgan fingerprint density at radius 2 is 1.75 bits per heavy atom. The number of para-hydroxylation sites is 1. The number of amides is 1. The number of carbonyl (C=O) groups excluding carboxylic acids is 1. The fourth-order valence-electron chi connectivity index (χ4n) is 3.38. The van der Waals surface area contributed by atoms with Gasteiger partial charge in [0.25, 0.3) is 15.9 Å². The van der Waals surface area contributed by atoms with Gasteiger partial charge in [-0.3, -0.25) is 14.5 Å². The molecule has 2 aromatic carbocycles. The first-order valence-corrected chi connectivity index (χ1v) is 11.7. The molecule has 4 rings (SSSR count). The third-order valence-corrected chi connectivity index (χ3v) is 6.42. The molecule has 1 aromatic heterocycles. The van der Waals surface area contributed by atoms with Crippen LogP contribution in [-0.2, 0) is 16.6 Å². The van der Waals surface area contributed by atoms with E-state index >= 15 is 0 Å². The number of pyridine rings is 1. The number of nitrogens with one attached hydrogen (secondary N) is 1. The zero-order valence-electron chi connectivity index (χ0n) is 17.5. The van der Waals surface area contributed by atoms with Gasteiger partial charge in [0.05, 0.1) is 10.6 Å². The lowest BCUT2D eigenvalue weighted by Crippen LogP contribution is -2.31. The molecule has 1 amide bonds. The number of aromatic nitrogens is 1. The minimum atomic E-state index is -3.77. The van der Waals surface area contributed by atoms with Crippen molar-refractivity contribution in [3.8, 4) is 11.5 Å². The molecule has 0 saturated carbocycles. The van der Waals surface area contributed by atoms with Gasteiger partial charge in [-0.15, -0.1) is 0 Å². The molecular formula is C23H23N3O5S. The predicted octanol–water partition coefficient (Wildman–Crippen LogP) is 3.32. The van der Waals surface area contributed by atoms with E-state index in [-0.39, 0.29) is 10.8 Å². The molecule has 0 bridgehead atoms. The Labute approximate surface area is 186 Å². The fourth-order valence-corrected chi connectivity index (χ4v) is 4.44. The van der Waals surface area contributed by atoms with Crippen LogP contribution >= 0.6 is 0 Å². The first-order valence-electron chi connectivity index (χ1n) is 10.2. The van der Waals surface area contributed by atoms with Crippen LogP contribution in [0.5, 0.6) is 11.5 Å². The van der Waals surface area contributed by atoms with Crippen LogP contribution in [0.3, 0.4) is 0 Å². The lowest BCUT2D eigenvalue weighted by atomic mass is 10.1. The van der Waals surface area contributed by atoms with Gasteiger partial charge >= 0.3 is 0 Å². The molecule has 1 N–H and O–H groups in total. The number of carbonyl (C=O) groups is 1. The maximum Gasteiger partial charge on any atom is 0.261 e. The van der Waals surface area contributed by atoms with E-state index in [4.69, 9.17) is 9.47 Å². The Balaban J connectivity index is 1.50. The van der Waals surface area contributed by atoms with Crippen LogP contribution in [0.2, 0.25) is 0 Å². The Morgan fingerprint density at radius 3 is 2.47 bits per heavy atom. The number of ether oxygens (including phenoxy) is 2. The van der Waals surface area contributed by atoms with E-state index in [0.717, 1.165) is 5.56 Å². The second-order valence-corrected chi connectivity index (χ2v) is 8.81. The van der Waals surface area contributed by atoms with Crippen LogP contribution in [0, 0.1) is 0 Å². The molecular weight excluding hydrogens is 430 g/mol. The lowest BCUT2D eigenvalue weighted by Gasteiger charge is -2.25. The summed E-state index contributed by atoms with van der Waals surface area (Å²) in [7, 11) is -3.77. The summed E-state index contributed by atoms with van der Waals surface area (Å²) in [6.07, 6.45) is 3.00. The van der Waals surface area contributed by atoms with Gasteiger partial charge in [-0.05, 0) is 49.4 Å². The Hall–Kier alpha value is -3.59. The minimum Gasteiger partial charge on any atom is -0.486 e. The van der Waals surface area contributed by atoms with E-state index in [1.807, 2.05) is 25.1 Å². The van der Waals surface area contributed by atoms with Crippen LogP contribution in [0.4, 0.5) is 5.69 Å². The van der Waals surface area contributed by atoms with E-state index in [2.05, 4.69) is 9.71 Å². The lowest BCUT2D eigenvalue weighted by molar-refractivity contribution is 0.0749. The third-order valence-electron chi connectivity index (χ3n) is 5.02. The summed E-state index contributed by atoms with van der Waals surface area (Å²) in [5, 5.41) is 0. The van der Waals surface area contributed by atoms with E-state index in [9.17, 15) is 13.2 Å². The summed E-state index contributed by atoms with van der Waals surface area (Å²) in [6.45, 7) is 3.69. The molecule has 3 aromatic rings. The highest BCUT2D eigenvalue weighted by atomic mass is 32.2. The molecule has 0 saturated heterocycles. The van der Waals surface area contributed by atoms with Crippen molar-refractivity contribution in [2.24, 2.45) is 0 Å². The number of hydrogen-bond donors (Lipinski definition) is 1. The van der Waals surface area contributed by atoms with Crippen molar-refractivity contribution in [2.75, 3.05) is 24.5 Å². The number of fused-ring (bicyclic) bond motifs is 1. The SMILES string of the molecule is CCN(Cc1cccc2c1OCCO2)C(=O)c1ccc(S(=O)(=O)Nc2ccncc2)cc1. The smallest absolute Gasteiger partial charge is 0.261 e. The van der Waals surface area contributed by atoms with Gasteiger partial charge in [0.15, 0.2) is 11.5 Å². The normalized spacial score (nSPS) is 12.8. The van der Waals surface area contributed by atoms with Crippen molar-refractivity contribution >= 4 is 21.6 Å². The van der Waals surface area contributed by atoms with Crippen molar-refractivity contribution in [1.29, 1.82) is 0 Å². The van der Waals surface area contributed by atoms with Crippen LogP contribution in [0.15, 0.2) is 71.9 Å². The monoisotopic (exact) mass is 453 g/mol. The topological polar surface area (TPSA) is 97.8 Å². The molecule has 0 fully saturated rings. The van der Waals surface area contributed by atoms with E-state index in [0.29, 0.717) is 49.1 Å². The number of anilines is 1. The molecule has 0 unspecified atom stereocenters. The molecule has 2 heterocycles. The van der Waals surface area contributed by atoms with Gasteiger partial charge in [0, 0.05) is 36.6 Å². The van der Waals surface area contributed by atoms with Crippen molar-refractivity contribution in [2.45, 2.75) is 18.4 Å². The highest BCUT2D eigenvalue weighted by Gasteiger charge is 2.21. The first-order chi connectivity index (χ1) is 15.5. The Bertz CT molecular complexity index is 1200. The second kappa shape index (κ2) is 9.27. The molecule has 0 aliphatic carbocycles. The maximum atomic E-state index is 13.1. The molecule has 1 aliphatic heterocycles. The van der Waals surface area contributed by atoms with Crippen molar-refractivity contribution in [3.63, 3.8) is 0 Å². The highest BCUT2D eigenvalue weighted by Crippen LogP contribution is 2.34. The Morgan fingerprint density at radius 1 is 1.03 bits per heavy atom. The van der Waals surface area contributed by atoms with Gasteiger partial charge in [-0.2, -0.15) is 0 Å². The summed E-state index contributed by atoms with van der Waals surface area (Å²) in [6, 6.07) is 14.6. The largest absolute Gasteiger partial charge is 0.486 e. The molecule has 0 radical (unpaired) electrons. The van der Waals surface area contributed by atoms with Gasteiger partial charge in [0.1, 0.15) is 13.2 Å². The van der Waals surface area contributed by atoms with Gasteiger partial charge in [0.2, 0.25) is 0 Å². The maximum absolute atomic E-state index is 13.1. The van der Waals surface area contributed by atoms with E-state index < -0.39 is 10.0 Å². The predicted molar refractivity (Wildman–Crippen MR) is 119 cm³/mol. The average molecular weight is 454 g/mol. The summed E-state index contributed by atoms with van der Waals surface area (Å²) < 4.78 is 39.0. The van der Waals surface area contributed by atoms with Crippen molar-refractivity contribution < 1.29 is 22.7 Å². The number of rotatable bonds is 7. The van der Waals surface area contributed by atoms with E-state index in [1.165, 1.54) is 36.7 Å². The summed E-state index contributed by atoms with van der Waals surface area (Å²) in [4.78, 5) is 18.7. The first kappa shape index (κ1) is 21.6. The number of benzene rings is 2. The van der Waals surface area contributed by atoms with Crippen molar-refractivity contribution in [1.82, 2.24) is 9.88 Å². The van der Waals surface area contributed by atoms with Crippen LogP contribution in [0.1, 0.15) is 22.8 Å². The second-order valence-electron chi connectivity index (χ2n) is 7.13. The minimum absolute atomic E-state index is 0.0663. The third kappa shape index (κ3) is 4.67. The van der Waals surface area contributed by atoms with E-state index in [1.54, 1.807) is 17.0 Å². The molecule has 1 aliphatic rings. The van der Waals surface area contributed by atoms with Crippen molar-refractivity contribution in [3.05, 3.63) is 78.1 Å². The summed E-state index contributed by atoms with van der Waals surface area (Å²) >= 11 is 0. The molecule has 0 atom stereocenters.